The zero-order valence-electron chi connectivity index (χ0n) is 23.6. The molecule has 8 aromatic rings. The van der Waals surface area contributed by atoms with Crippen LogP contribution in [0.1, 0.15) is 0 Å². The van der Waals surface area contributed by atoms with Gasteiger partial charge >= 0.3 is 0 Å². The van der Waals surface area contributed by atoms with Crippen molar-refractivity contribution < 1.29 is 4.42 Å². The van der Waals surface area contributed by atoms with E-state index >= 15 is 0 Å². The van der Waals surface area contributed by atoms with Gasteiger partial charge in [-0.15, -0.1) is 0 Å². The van der Waals surface area contributed by atoms with Crippen LogP contribution in [-0.2, 0) is 0 Å². The summed E-state index contributed by atoms with van der Waals surface area (Å²) in [7, 11) is 0. The van der Waals surface area contributed by atoms with Crippen LogP contribution in [0.4, 0.5) is 0 Å². The van der Waals surface area contributed by atoms with Crippen molar-refractivity contribution >= 4 is 21.9 Å². The van der Waals surface area contributed by atoms with Crippen molar-refractivity contribution in [3.8, 4) is 55.6 Å². The lowest BCUT2D eigenvalue weighted by Crippen LogP contribution is -1.87. The van der Waals surface area contributed by atoms with Gasteiger partial charge in [-0.25, -0.2) is 0 Å². The van der Waals surface area contributed by atoms with Gasteiger partial charge < -0.3 is 4.42 Å². The Morgan fingerprint density at radius 3 is 1.14 bits per heavy atom. The molecular formula is C42H28O. The van der Waals surface area contributed by atoms with Gasteiger partial charge in [-0.3, -0.25) is 0 Å². The van der Waals surface area contributed by atoms with E-state index in [1.807, 2.05) is 12.1 Å². The van der Waals surface area contributed by atoms with Gasteiger partial charge in [0.2, 0.25) is 0 Å². The van der Waals surface area contributed by atoms with Gasteiger partial charge in [0.05, 0.1) is 0 Å². The maximum atomic E-state index is 6.25. The van der Waals surface area contributed by atoms with Crippen molar-refractivity contribution in [3.63, 3.8) is 0 Å². The molecule has 0 saturated carbocycles. The fraction of sp³-hybridized carbons (Fsp3) is 0. The molecule has 1 aromatic heterocycles. The van der Waals surface area contributed by atoms with Crippen molar-refractivity contribution in [2.45, 2.75) is 0 Å². The topological polar surface area (TPSA) is 13.1 Å². The SMILES string of the molecule is c1ccc(-c2ccc(-c3cc(-c4ccc(-c5ccccc5)cc4)cc(-c4ccc5c(c4)oc4ccccc45)c3)cc2)cc1. The first-order valence-electron chi connectivity index (χ1n) is 14.7. The number of rotatable bonds is 5. The number of benzene rings is 7. The van der Waals surface area contributed by atoms with Gasteiger partial charge in [0.1, 0.15) is 11.2 Å². The molecule has 0 spiro atoms. The monoisotopic (exact) mass is 548 g/mol. The van der Waals surface area contributed by atoms with Gasteiger partial charge in [0, 0.05) is 10.8 Å². The van der Waals surface area contributed by atoms with E-state index in [0.29, 0.717) is 0 Å². The Bertz CT molecular complexity index is 2090. The number of furan rings is 1. The van der Waals surface area contributed by atoms with Crippen molar-refractivity contribution in [2.75, 3.05) is 0 Å². The number of para-hydroxylation sites is 1. The number of hydrogen-bond acceptors (Lipinski definition) is 1. The third-order valence-corrected chi connectivity index (χ3v) is 8.30. The summed E-state index contributed by atoms with van der Waals surface area (Å²) >= 11 is 0. The molecule has 202 valence electrons. The van der Waals surface area contributed by atoms with E-state index < -0.39 is 0 Å². The maximum absolute atomic E-state index is 6.25. The number of fused-ring (bicyclic) bond motifs is 3. The van der Waals surface area contributed by atoms with Gasteiger partial charge in [-0.2, -0.15) is 0 Å². The van der Waals surface area contributed by atoms with Crippen molar-refractivity contribution in [1.82, 2.24) is 0 Å². The molecule has 1 nitrogen and oxygen atoms in total. The summed E-state index contributed by atoms with van der Waals surface area (Å²) in [5.74, 6) is 0. The molecule has 0 N–H and O–H groups in total. The van der Waals surface area contributed by atoms with Crippen LogP contribution < -0.4 is 0 Å². The first kappa shape index (κ1) is 25.1. The van der Waals surface area contributed by atoms with Gasteiger partial charge in [0.15, 0.2) is 0 Å². The second-order valence-electron chi connectivity index (χ2n) is 11.0. The lowest BCUT2D eigenvalue weighted by molar-refractivity contribution is 0.669. The van der Waals surface area contributed by atoms with Gasteiger partial charge in [-0.1, -0.05) is 133 Å². The highest BCUT2D eigenvalue weighted by Gasteiger charge is 2.12. The molecule has 43 heavy (non-hydrogen) atoms. The van der Waals surface area contributed by atoms with E-state index in [2.05, 4.69) is 158 Å². The van der Waals surface area contributed by atoms with Crippen LogP contribution in [0.3, 0.4) is 0 Å². The zero-order valence-corrected chi connectivity index (χ0v) is 23.6. The molecule has 0 unspecified atom stereocenters. The minimum atomic E-state index is 0.907. The summed E-state index contributed by atoms with van der Waals surface area (Å²) in [6.07, 6.45) is 0. The Labute approximate surface area is 251 Å². The van der Waals surface area contributed by atoms with E-state index in [0.717, 1.165) is 33.1 Å². The molecular weight excluding hydrogens is 520 g/mol. The molecule has 0 atom stereocenters. The molecule has 1 heteroatoms. The Kier molecular flexibility index (Phi) is 6.20. The van der Waals surface area contributed by atoms with Crippen molar-refractivity contribution in [2.24, 2.45) is 0 Å². The molecule has 0 aliphatic carbocycles. The van der Waals surface area contributed by atoms with Crippen LogP contribution >= 0.6 is 0 Å². The Hall–Kier alpha value is -5.66. The minimum Gasteiger partial charge on any atom is -0.456 e. The van der Waals surface area contributed by atoms with Crippen LogP contribution in [0.15, 0.2) is 174 Å². The molecule has 0 fully saturated rings. The predicted molar refractivity (Wildman–Crippen MR) is 181 cm³/mol. The summed E-state index contributed by atoms with van der Waals surface area (Å²) in [6.45, 7) is 0. The highest BCUT2D eigenvalue weighted by molar-refractivity contribution is 6.06. The molecule has 0 amide bonds. The first-order valence-corrected chi connectivity index (χ1v) is 14.7. The molecule has 7 aromatic carbocycles. The third-order valence-electron chi connectivity index (χ3n) is 8.30. The molecule has 0 radical (unpaired) electrons. The largest absolute Gasteiger partial charge is 0.456 e. The van der Waals surface area contributed by atoms with Crippen LogP contribution in [-0.4, -0.2) is 0 Å². The van der Waals surface area contributed by atoms with E-state index in [1.54, 1.807) is 0 Å². The van der Waals surface area contributed by atoms with E-state index in [1.165, 1.54) is 44.5 Å². The summed E-state index contributed by atoms with van der Waals surface area (Å²) < 4.78 is 6.25. The predicted octanol–water partition coefficient (Wildman–Crippen LogP) is 11.9. The molecule has 8 rings (SSSR count). The molecule has 0 bridgehead atoms. The third kappa shape index (κ3) is 4.81. The summed E-state index contributed by atoms with van der Waals surface area (Å²) in [4.78, 5) is 0. The highest BCUT2D eigenvalue weighted by Crippen LogP contribution is 2.37. The number of hydrogen-bond donors (Lipinski definition) is 0. The molecule has 1 heterocycles. The van der Waals surface area contributed by atoms with Crippen LogP contribution in [0.25, 0.3) is 77.6 Å². The Morgan fingerprint density at radius 1 is 0.233 bits per heavy atom. The van der Waals surface area contributed by atoms with E-state index in [4.69, 9.17) is 4.42 Å². The van der Waals surface area contributed by atoms with Crippen LogP contribution in [0.2, 0.25) is 0 Å². The van der Waals surface area contributed by atoms with Crippen LogP contribution in [0, 0.1) is 0 Å². The summed E-state index contributed by atoms with van der Waals surface area (Å²) in [5.41, 5.74) is 13.7. The quantitative estimate of drug-likeness (QED) is 0.208. The lowest BCUT2D eigenvalue weighted by Gasteiger charge is -2.13. The summed E-state index contributed by atoms with van der Waals surface area (Å²) in [6, 6.07) is 60.5. The van der Waals surface area contributed by atoms with Crippen molar-refractivity contribution in [1.29, 1.82) is 0 Å². The fourth-order valence-electron chi connectivity index (χ4n) is 6.00. The average Bonchev–Trinajstić information content (AvgIpc) is 3.47. The normalized spacial score (nSPS) is 11.3. The molecule has 0 aliphatic heterocycles. The van der Waals surface area contributed by atoms with Crippen molar-refractivity contribution in [3.05, 3.63) is 170 Å². The van der Waals surface area contributed by atoms with Gasteiger partial charge in [-0.05, 0) is 92.0 Å². The lowest BCUT2D eigenvalue weighted by atomic mass is 9.92. The molecule has 0 aliphatic rings. The standard InChI is InChI=1S/C42H28O/c1-3-9-29(10-4-1)31-15-19-33(20-16-31)36-25-37(34-21-17-32(18-22-34)30-11-5-2-6-12-30)27-38(26-36)35-23-24-40-39-13-7-8-14-41(39)43-42(40)28-35/h1-28H. The van der Waals surface area contributed by atoms with Gasteiger partial charge in [0.25, 0.3) is 0 Å². The zero-order chi connectivity index (χ0) is 28.6. The highest BCUT2D eigenvalue weighted by atomic mass is 16.3. The Morgan fingerprint density at radius 2 is 0.605 bits per heavy atom. The Balaban J connectivity index is 1.24. The molecule has 0 saturated heterocycles. The first-order chi connectivity index (χ1) is 21.3. The second-order valence-corrected chi connectivity index (χ2v) is 11.0. The van der Waals surface area contributed by atoms with E-state index in [9.17, 15) is 0 Å². The smallest absolute Gasteiger partial charge is 0.136 e. The summed E-state index contributed by atoms with van der Waals surface area (Å²) in [5, 5.41) is 2.29. The van der Waals surface area contributed by atoms with Crippen LogP contribution in [0.5, 0.6) is 0 Å². The fourth-order valence-corrected chi connectivity index (χ4v) is 6.00. The second kappa shape index (κ2) is 10.6. The minimum absolute atomic E-state index is 0.907. The maximum Gasteiger partial charge on any atom is 0.136 e. The van der Waals surface area contributed by atoms with E-state index in [-0.39, 0.29) is 0 Å². The average molecular weight is 549 g/mol.